The minimum atomic E-state index is -0.519. The second-order valence-corrected chi connectivity index (χ2v) is 3.81. The zero-order chi connectivity index (χ0) is 10.5. The molecule has 2 nitrogen and oxygen atoms in total. The first kappa shape index (κ1) is 12.3. The Morgan fingerprint density at radius 1 is 1.62 bits per heavy atom. The largest absolute Gasteiger partial charge is 0.331 e. The molecular weight excluding hydrogens is 186 g/mol. The molecule has 0 N–H and O–H groups in total. The van der Waals surface area contributed by atoms with E-state index in [1.807, 2.05) is 20.8 Å². The topological polar surface area (TPSA) is 20.3 Å². The van der Waals surface area contributed by atoms with Crippen LogP contribution in [0.4, 0.5) is 0 Å². The molecule has 3 heteroatoms. The Kier molecular flexibility index (Phi) is 4.87. The van der Waals surface area contributed by atoms with Crippen LogP contribution < -0.4 is 0 Å². The number of amides is 1. The van der Waals surface area contributed by atoms with Crippen LogP contribution in [0.2, 0.25) is 0 Å². The molecule has 0 aromatic heterocycles. The highest BCUT2D eigenvalue weighted by Gasteiger charge is 2.29. The van der Waals surface area contributed by atoms with Gasteiger partial charge in [0.05, 0.1) is 12.0 Å². The number of nitrogens with zero attached hydrogens (tertiary/aromatic N) is 1. The average Bonchev–Trinajstić information content (AvgIpc) is 2.13. The van der Waals surface area contributed by atoms with Crippen molar-refractivity contribution in [3.8, 4) is 12.3 Å². The maximum Gasteiger partial charge on any atom is 0.230 e. The highest BCUT2D eigenvalue weighted by atomic mass is 35.5. The molecule has 0 aromatic carbocycles. The van der Waals surface area contributed by atoms with Crippen LogP contribution >= 0.6 is 11.6 Å². The summed E-state index contributed by atoms with van der Waals surface area (Å²) in [7, 11) is 0. The fourth-order valence-corrected chi connectivity index (χ4v) is 1.04. The van der Waals surface area contributed by atoms with Gasteiger partial charge in [-0.25, -0.2) is 0 Å². The molecule has 1 amide bonds. The molecule has 0 aliphatic rings. The Balaban J connectivity index is 4.47. The molecule has 0 saturated heterocycles. The van der Waals surface area contributed by atoms with Gasteiger partial charge in [-0.05, 0) is 20.8 Å². The first-order chi connectivity index (χ1) is 5.99. The van der Waals surface area contributed by atoms with Crippen molar-refractivity contribution < 1.29 is 4.79 Å². The summed E-state index contributed by atoms with van der Waals surface area (Å²) in [5.74, 6) is 2.79. The summed E-state index contributed by atoms with van der Waals surface area (Å²) in [5, 5.41) is 0. The first-order valence-electron chi connectivity index (χ1n) is 4.28. The number of alkyl halides is 1. The Morgan fingerprint density at radius 2 is 2.15 bits per heavy atom. The summed E-state index contributed by atoms with van der Waals surface area (Å²) in [6.07, 6.45) is 5.15. The fourth-order valence-electron chi connectivity index (χ4n) is 0.923. The highest BCUT2D eigenvalue weighted by Crippen LogP contribution is 2.20. The van der Waals surface area contributed by atoms with Crippen LogP contribution in [0.3, 0.4) is 0 Å². The lowest BCUT2D eigenvalue weighted by Crippen LogP contribution is -2.42. The zero-order valence-electron chi connectivity index (χ0n) is 8.43. The van der Waals surface area contributed by atoms with Gasteiger partial charge in [0.1, 0.15) is 0 Å². The Labute approximate surface area is 85.2 Å². The molecule has 0 radical (unpaired) electrons. The minimum absolute atomic E-state index is 0.0166. The van der Waals surface area contributed by atoms with Crippen LogP contribution in [-0.4, -0.2) is 29.8 Å². The SMILES string of the molecule is C#CCN(CC)C(=O)C(C)(C)CCl. The molecule has 0 atom stereocenters. The van der Waals surface area contributed by atoms with Gasteiger partial charge in [0, 0.05) is 12.4 Å². The standard InChI is InChI=1S/C10H16ClNO/c1-5-7-12(6-2)9(13)10(3,4)8-11/h1H,6-8H2,2-4H3. The summed E-state index contributed by atoms with van der Waals surface area (Å²) >= 11 is 5.69. The molecule has 0 unspecified atom stereocenters. The number of terminal acetylenes is 1. The number of rotatable bonds is 4. The van der Waals surface area contributed by atoms with Gasteiger partial charge in [0.2, 0.25) is 5.91 Å². The first-order valence-corrected chi connectivity index (χ1v) is 4.81. The summed E-state index contributed by atoms with van der Waals surface area (Å²) in [6.45, 7) is 6.53. The van der Waals surface area contributed by atoms with E-state index in [4.69, 9.17) is 18.0 Å². The van der Waals surface area contributed by atoms with E-state index in [0.29, 0.717) is 19.0 Å². The number of hydrogen-bond donors (Lipinski definition) is 0. The van der Waals surface area contributed by atoms with Crippen molar-refractivity contribution in [1.82, 2.24) is 4.90 Å². The predicted molar refractivity (Wildman–Crippen MR) is 55.6 cm³/mol. The van der Waals surface area contributed by atoms with Crippen molar-refractivity contribution in [3.63, 3.8) is 0 Å². The van der Waals surface area contributed by atoms with Gasteiger partial charge < -0.3 is 4.90 Å². The van der Waals surface area contributed by atoms with Gasteiger partial charge in [-0.3, -0.25) is 4.79 Å². The van der Waals surface area contributed by atoms with Crippen molar-refractivity contribution in [2.75, 3.05) is 19.0 Å². The molecule has 0 bridgehead atoms. The molecule has 0 spiro atoms. The monoisotopic (exact) mass is 201 g/mol. The van der Waals surface area contributed by atoms with E-state index in [1.54, 1.807) is 4.90 Å². The third kappa shape index (κ3) is 3.28. The Bertz CT molecular complexity index is 217. The average molecular weight is 202 g/mol. The van der Waals surface area contributed by atoms with Crippen molar-refractivity contribution in [3.05, 3.63) is 0 Å². The van der Waals surface area contributed by atoms with Crippen LogP contribution in [0.5, 0.6) is 0 Å². The summed E-state index contributed by atoms with van der Waals surface area (Å²) < 4.78 is 0. The maximum absolute atomic E-state index is 11.8. The molecule has 0 fully saturated rings. The van der Waals surface area contributed by atoms with Crippen LogP contribution in [0, 0.1) is 17.8 Å². The van der Waals surface area contributed by atoms with Gasteiger partial charge in [0.15, 0.2) is 0 Å². The molecule has 74 valence electrons. The van der Waals surface area contributed by atoms with Gasteiger partial charge in [-0.2, -0.15) is 0 Å². The zero-order valence-corrected chi connectivity index (χ0v) is 9.19. The van der Waals surface area contributed by atoms with E-state index in [0.717, 1.165) is 0 Å². The number of halogens is 1. The summed E-state index contributed by atoms with van der Waals surface area (Å²) in [5.41, 5.74) is -0.519. The van der Waals surface area contributed by atoms with Crippen molar-refractivity contribution in [2.24, 2.45) is 5.41 Å². The third-order valence-corrected chi connectivity index (χ3v) is 2.53. The number of carbonyl (C=O) groups is 1. The van der Waals surface area contributed by atoms with Crippen LogP contribution in [0.25, 0.3) is 0 Å². The Hall–Kier alpha value is -0.680. The fraction of sp³-hybridized carbons (Fsp3) is 0.700. The second-order valence-electron chi connectivity index (χ2n) is 3.54. The van der Waals surface area contributed by atoms with E-state index in [9.17, 15) is 4.79 Å². The lowest BCUT2D eigenvalue weighted by Gasteiger charge is -2.28. The van der Waals surface area contributed by atoms with Gasteiger partial charge in [-0.15, -0.1) is 18.0 Å². The molecule has 0 aliphatic carbocycles. The van der Waals surface area contributed by atoms with Crippen LogP contribution in [0.1, 0.15) is 20.8 Å². The smallest absolute Gasteiger partial charge is 0.230 e. The van der Waals surface area contributed by atoms with E-state index < -0.39 is 5.41 Å². The summed E-state index contributed by atoms with van der Waals surface area (Å²) in [4.78, 5) is 13.4. The quantitative estimate of drug-likeness (QED) is 0.501. The molecule has 0 aliphatic heterocycles. The molecular formula is C10H16ClNO. The van der Waals surface area contributed by atoms with Crippen molar-refractivity contribution >= 4 is 17.5 Å². The lowest BCUT2D eigenvalue weighted by atomic mass is 9.94. The highest BCUT2D eigenvalue weighted by molar-refractivity contribution is 6.19. The van der Waals surface area contributed by atoms with Gasteiger partial charge in [-0.1, -0.05) is 5.92 Å². The molecule has 0 saturated carbocycles. The minimum Gasteiger partial charge on any atom is -0.331 e. The van der Waals surface area contributed by atoms with Crippen LogP contribution in [-0.2, 0) is 4.79 Å². The van der Waals surface area contributed by atoms with E-state index >= 15 is 0 Å². The number of carbonyl (C=O) groups excluding carboxylic acids is 1. The van der Waals surface area contributed by atoms with E-state index in [2.05, 4.69) is 5.92 Å². The molecule has 0 heterocycles. The molecule has 0 rings (SSSR count). The lowest BCUT2D eigenvalue weighted by molar-refractivity contribution is -0.138. The van der Waals surface area contributed by atoms with Crippen LogP contribution in [0.15, 0.2) is 0 Å². The predicted octanol–water partition coefficient (Wildman–Crippen LogP) is 1.73. The normalized spacial score (nSPS) is 10.7. The second kappa shape index (κ2) is 5.14. The Morgan fingerprint density at radius 3 is 2.46 bits per heavy atom. The van der Waals surface area contributed by atoms with Crippen molar-refractivity contribution in [1.29, 1.82) is 0 Å². The van der Waals surface area contributed by atoms with E-state index in [-0.39, 0.29) is 5.91 Å². The maximum atomic E-state index is 11.8. The number of hydrogen-bond acceptors (Lipinski definition) is 1. The van der Waals surface area contributed by atoms with Crippen molar-refractivity contribution in [2.45, 2.75) is 20.8 Å². The van der Waals surface area contributed by atoms with Gasteiger partial charge in [0.25, 0.3) is 0 Å². The van der Waals surface area contributed by atoms with E-state index in [1.165, 1.54) is 0 Å². The molecule has 0 aromatic rings. The third-order valence-electron chi connectivity index (χ3n) is 1.86. The molecule has 13 heavy (non-hydrogen) atoms. The van der Waals surface area contributed by atoms with Gasteiger partial charge >= 0.3 is 0 Å². The summed E-state index contributed by atoms with van der Waals surface area (Å²) in [6, 6.07) is 0.